The summed E-state index contributed by atoms with van der Waals surface area (Å²) in [7, 11) is 1.78. The Kier molecular flexibility index (Phi) is 1.48. The molecule has 0 saturated heterocycles. The fourth-order valence-electron chi connectivity index (χ4n) is 0.395. The van der Waals surface area contributed by atoms with Crippen LogP contribution < -0.4 is 0 Å². The second kappa shape index (κ2) is 1.99. The van der Waals surface area contributed by atoms with E-state index in [1.165, 1.54) is 0 Å². The van der Waals surface area contributed by atoms with Crippen LogP contribution in [0, 0.1) is 4.64 Å². The lowest BCUT2D eigenvalue weighted by atomic mass is 11.0. The summed E-state index contributed by atoms with van der Waals surface area (Å²) in [5.74, 6) is 0. The van der Waals surface area contributed by atoms with Crippen molar-refractivity contribution in [2.75, 3.05) is 0 Å². The summed E-state index contributed by atoms with van der Waals surface area (Å²) in [6.07, 6.45) is 0. The van der Waals surface area contributed by atoms with E-state index in [0.29, 0.717) is 9.24 Å². The highest BCUT2D eigenvalue weighted by Gasteiger charge is 1.91. The molecule has 44 valence electrons. The molecule has 1 N–H and O–H groups in total. The van der Waals surface area contributed by atoms with Crippen LogP contribution in [0.15, 0.2) is 4.60 Å². The second-order valence-corrected chi connectivity index (χ2v) is 2.51. The molecule has 1 rings (SSSR count). The number of hydrogen-bond acceptors (Lipinski definition) is 2. The third-order valence-corrected chi connectivity index (χ3v) is 1.79. The summed E-state index contributed by atoms with van der Waals surface area (Å²) in [5, 5.41) is 6.66. The highest BCUT2D eigenvalue weighted by molar-refractivity contribution is 9.10. The molecule has 1 heterocycles. The zero-order valence-corrected chi connectivity index (χ0v) is 6.58. The van der Waals surface area contributed by atoms with Gasteiger partial charge in [0.05, 0.1) is 0 Å². The van der Waals surface area contributed by atoms with Gasteiger partial charge in [0.15, 0.2) is 9.24 Å². The zero-order valence-electron chi connectivity index (χ0n) is 4.18. The van der Waals surface area contributed by atoms with Gasteiger partial charge in [-0.1, -0.05) is 12.2 Å². The Morgan fingerprint density at radius 2 is 2.50 bits per heavy atom. The first kappa shape index (κ1) is 5.97. The number of rotatable bonds is 0. The predicted molar refractivity (Wildman–Crippen MR) is 36.1 cm³/mol. The molecule has 0 atom stereocenters. The summed E-state index contributed by atoms with van der Waals surface area (Å²) in [6.45, 7) is 0. The summed E-state index contributed by atoms with van der Waals surface area (Å²) in [5.41, 5.74) is 0. The number of nitrogens with one attached hydrogen (secondary N) is 1. The lowest BCUT2D eigenvalue weighted by Crippen LogP contribution is -1.90. The van der Waals surface area contributed by atoms with Crippen molar-refractivity contribution in [3.8, 4) is 0 Å². The van der Waals surface area contributed by atoms with E-state index in [-0.39, 0.29) is 0 Å². The molecule has 0 fully saturated rings. The summed E-state index contributed by atoms with van der Waals surface area (Å²) in [6, 6.07) is 0. The maximum atomic E-state index is 4.79. The van der Waals surface area contributed by atoms with Gasteiger partial charge in [0, 0.05) is 7.05 Å². The lowest BCUT2D eigenvalue weighted by Gasteiger charge is -1.79. The monoisotopic (exact) mass is 193 g/mol. The van der Waals surface area contributed by atoms with Crippen molar-refractivity contribution in [1.29, 1.82) is 0 Å². The number of aromatic nitrogens is 3. The van der Waals surface area contributed by atoms with Gasteiger partial charge in [-0.15, -0.1) is 5.10 Å². The average Bonchev–Trinajstić information content (AvgIpc) is 1.85. The summed E-state index contributed by atoms with van der Waals surface area (Å²) < 4.78 is 1.32. The van der Waals surface area contributed by atoms with Gasteiger partial charge < -0.3 is 0 Å². The number of aromatic amines is 1. The minimum atomic E-state index is 0.632. The van der Waals surface area contributed by atoms with Crippen molar-refractivity contribution in [2.24, 2.45) is 7.05 Å². The van der Waals surface area contributed by atoms with Gasteiger partial charge in [0.1, 0.15) is 0 Å². The molecule has 1 aromatic heterocycles. The van der Waals surface area contributed by atoms with Crippen molar-refractivity contribution in [2.45, 2.75) is 0 Å². The van der Waals surface area contributed by atoms with E-state index >= 15 is 0 Å². The first-order valence-electron chi connectivity index (χ1n) is 1.99. The van der Waals surface area contributed by atoms with E-state index in [1.54, 1.807) is 11.8 Å². The third kappa shape index (κ3) is 0.976. The van der Waals surface area contributed by atoms with Crippen molar-refractivity contribution < 1.29 is 0 Å². The Balaban J connectivity index is 3.35. The first-order valence-corrected chi connectivity index (χ1v) is 3.19. The Bertz CT molecular complexity index is 237. The van der Waals surface area contributed by atoms with E-state index in [2.05, 4.69) is 26.1 Å². The molecule has 0 aromatic carbocycles. The van der Waals surface area contributed by atoms with Crippen molar-refractivity contribution >= 4 is 28.1 Å². The first-order chi connectivity index (χ1) is 3.70. The molecule has 8 heavy (non-hydrogen) atoms. The normalized spacial score (nSPS) is 9.75. The van der Waals surface area contributed by atoms with Crippen LogP contribution in [0.1, 0.15) is 0 Å². The standard InChI is InChI=1S/C3H4BrN3S/c1-7-5-2(4)3(8)6-7/h1H3,(H,6,8). The summed E-state index contributed by atoms with van der Waals surface area (Å²) in [4.78, 5) is 1.55. The number of hydrogen-bond donors (Lipinski definition) is 1. The SMILES string of the molecule is Cn1nc(Br)c(=S)[nH]1. The Morgan fingerprint density at radius 1 is 1.88 bits per heavy atom. The smallest absolute Gasteiger partial charge is 0.164 e. The van der Waals surface area contributed by atoms with Gasteiger partial charge in [-0.3, -0.25) is 5.10 Å². The van der Waals surface area contributed by atoms with E-state index < -0.39 is 0 Å². The summed E-state index contributed by atoms with van der Waals surface area (Å²) >= 11 is 7.94. The second-order valence-electron chi connectivity index (χ2n) is 1.36. The van der Waals surface area contributed by atoms with Crippen LogP contribution in [-0.4, -0.2) is 15.0 Å². The average molecular weight is 194 g/mol. The zero-order chi connectivity index (χ0) is 6.15. The van der Waals surface area contributed by atoms with Crippen LogP contribution in [0.25, 0.3) is 0 Å². The molecule has 0 spiro atoms. The van der Waals surface area contributed by atoms with Crippen LogP contribution in [0.3, 0.4) is 0 Å². The molecular formula is C3H4BrN3S. The van der Waals surface area contributed by atoms with Gasteiger partial charge in [-0.05, 0) is 15.9 Å². The van der Waals surface area contributed by atoms with Gasteiger partial charge in [-0.25, -0.2) is 4.80 Å². The lowest BCUT2D eigenvalue weighted by molar-refractivity contribution is 0.649. The Morgan fingerprint density at radius 3 is 2.62 bits per heavy atom. The molecule has 0 bridgehead atoms. The topological polar surface area (TPSA) is 33.6 Å². The van der Waals surface area contributed by atoms with E-state index in [1.807, 2.05) is 0 Å². The molecule has 5 heteroatoms. The minimum Gasteiger partial charge on any atom is -0.270 e. The largest absolute Gasteiger partial charge is 0.270 e. The van der Waals surface area contributed by atoms with Gasteiger partial charge in [0.2, 0.25) is 0 Å². The van der Waals surface area contributed by atoms with Crippen LogP contribution in [-0.2, 0) is 7.05 Å². The number of nitrogens with zero attached hydrogens (tertiary/aromatic N) is 2. The number of aryl methyl sites for hydroxylation is 1. The number of halogens is 1. The van der Waals surface area contributed by atoms with Gasteiger partial charge >= 0.3 is 0 Å². The molecule has 0 radical (unpaired) electrons. The van der Waals surface area contributed by atoms with Crippen molar-refractivity contribution in [1.82, 2.24) is 15.0 Å². The molecular weight excluding hydrogens is 190 g/mol. The molecule has 0 aliphatic heterocycles. The third-order valence-electron chi connectivity index (χ3n) is 0.689. The van der Waals surface area contributed by atoms with Crippen LogP contribution in [0.2, 0.25) is 0 Å². The molecule has 0 saturated carbocycles. The van der Waals surface area contributed by atoms with Crippen molar-refractivity contribution in [3.63, 3.8) is 0 Å². The molecule has 1 aromatic rings. The van der Waals surface area contributed by atoms with Crippen molar-refractivity contribution in [3.05, 3.63) is 9.24 Å². The van der Waals surface area contributed by atoms with Crippen LogP contribution >= 0.6 is 28.1 Å². The molecule has 0 aliphatic carbocycles. The van der Waals surface area contributed by atoms with E-state index in [9.17, 15) is 0 Å². The fraction of sp³-hybridized carbons (Fsp3) is 0.333. The quantitative estimate of drug-likeness (QED) is 0.630. The fourth-order valence-corrected chi connectivity index (χ4v) is 0.895. The highest BCUT2D eigenvalue weighted by Crippen LogP contribution is 2.02. The van der Waals surface area contributed by atoms with E-state index in [4.69, 9.17) is 12.2 Å². The van der Waals surface area contributed by atoms with Gasteiger partial charge in [0.25, 0.3) is 0 Å². The molecule has 0 unspecified atom stereocenters. The molecule has 3 nitrogen and oxygen atoms in total. The van der Waals surface area contributed by atoms with Gasteiger partial charge in [-0.2, -0.15) is 0 Å². The Hall–Kier alpha value is -0.160. The minimum absolute atomic E-state index is 0.632. The van der Waals surface area contributed by atoms with Crippen LogP contribution in [0.5, 0.6) is 0 Å². The Labute approximate surface area is 59.8 Å². The predicted octanol–water partition coefficient (Wildman–Crippen LogP) is 1.24. The van der Waals surface area contributed by atoms with E-state index in [0.717, 1.165) is 0 Å². The highest BCUT2D eigenvalue weighted by atomic mass is 79.9. The number of H-pyrrole nitrogens is 1. The molecule has 0 amide bonds. The van der Waals surface area contributed by atoms with Crippen LogP contribution in [0.4, 0.5) is 0 Å². The maximum Gasteiger partial charge on any atom is 0.164 e. The maximum absolute atomic E-state index is 4.79. The molecule has 0 aliphatic rings.